The van der Waals surface area contributed by atoms with Crippen molar-refractivity contribution >= 4 is 5.97 Å². The van der Waals surface area contributed by atoms with Gasteiger partial charge in [0.15, 0.2) is 0 Å². The lowest BCUT2D eigenvalue weighted by molar-refractivity contribution is 0.0697. The molecule has 0 aliphatic carbocycles. The Kier molecular flexibility index (Phi) is 2.91. The highest BCUT2D eigenvalue weighted by molar-refractivity contribution is 5.95. The summed E-state index contributed by atoms with van der Waals surface area (Å²) in [4.78, 5) is 15.1. The highest BCUT2D eigenvalue weighted by Crippen LogP contribution is 2.31. The van der Waals surface area contributed by atoms with Crippen LogP contribution >= 0.6 is 0 Å². The zero-order valence-corrected chi connectivity index (χ0v) is 10.3. The Balaban J connectivity index is 2.10. The van der Waals surface area contributed by atoms with Crippen LogP contribution in [0.5, 0.6) is 5.75 Å². The second-order valence-corrected chi connectivity index (χ2v) is 4.50. The normalized spacial score (nSPS) is 13.5. The number of nitrogens with zero attached hydrogens (tertiary/aromatic N) is 1. The monoisotopic (exact) mass is 255 g/mol. The number of fused-ring (bicyclic) bond motifs is 1. The molecule has 1 aliphatic rings. The first-order chi connectivity index (χ1) is 9.25. The average molecular weight is 255 g/mol. The Morgan fingerprint density at radius 2 is 2.21 bits per heavy atom. The van der Waals surface area contributed by atoms with Gasteiger partial charge in [-0.3, -0.25) is 4.98 Å². The Labute approximate surface area is 110 Å². The molecule has 1 aliphatic heterocycles. The van der Waals surface area contributed by atoms with Gasteiger partial charge in [0.25, 0.3) is 0 Å². The first kappa shape index (κ1) is 11.7. The summed E-state index contributed by atoms with van der Waals surface area (Å²) in [5.41, 5.74) is 2.94. The maximum Gasteiger partial charge on any atom is 0.337 e. The zero-order chi connectivity index (χ0) is 13.2. The van der Waals surface area contributed by atoms with Gasteiger partial charge in [-0.15, -0.1) is 0 Å². The maximum atomic E-state index is 11.2. The minimum Gasteiger partial charge on any atom is -0.493 e. The van der Waals surface area contributed by atoms with Crippen LogP contribution in [0.3, 0.4) is 0 Å². The summed E-state index contributed by atoms with van der Waals surface area (Å²) in [5, 5.41) is 9.20. The van der Waals surface area contributed by atoms with E-state index in [1.54, 1.807) is 12.3 Å². The summed E-state index contributed by atoms with van der Waals surface area (Å²) in [6, 6.07) is 7.55. The molecule has 96 valence electrons. The molecule has 19 heavy (non-hydrogen) atoms. The third-order valence-corrected chi connectivity index (χ3v) is 3.27. The molecule has 0 fully saturated rings. The van der Waals surface area contributed by atoms with Gasteiger partial charge in [0.1, 0.15) is 5.75 Å². The lowest BCUT2D eigenvalue weighted by Gasteiger charge is -2.18. The van der Waals surface area contributed by atoms with Gasteiger partial charge in [-0.1, -0.05) is 6.07 Å². The number of hydrogen-bond donors (Lipinski definition) is 1. The smallest absolute Gasteiger partial charge is 0.337 e. The van der Waals surface area contributed by atoms with Crippen molar-refractivity contribution in [2.24, 2.45) is 0 Å². The van der Waals surface area contributed by atoms with Crippen molar-refractivity contribution in [2.45, 2.75) is 12.8 Å². The van der Waals surface area contributed by atoms with Crippen LogP contribution in [-0.2, 0) is 6.42 Å². The Morgan fingerprint density at radius 3 is 3.05 bits per heavy atom. The molecule has 0 amide bonds. The van der Waals surface area contributed by atoms with E-state index in [0.29, 0.717) is 5.56 Å². The fourth-order valence-corrected chi connectivity index (χ4v) is 2.34. The fraction of sp³-hybridized carbons (Fsp3) is 0.200. The molecule has 4 heteroatoms. The quantitative estimate of drug-likeness (QED) is 0.896. The number of benzene rings is 1. The number of aromatic nitrogens is 1. The van der Waals surface area contributed by atoms with Crippen LogP contribution < -0.4 is 4.74 Å². The number of carbonyl (C=O) groups is 1. The van der Waals surface area contributed by atoms with Gasteiger partial charge in [-0.25, -0.2) is 4.79 Å². The molecule has 4 nitrogen and oxygen atoms in total. The predicted octanol–water partition coefficient (Wildman–Crippen LogP) is 2.77. The van der Waals surface area contributed by atoms with Crippen molar-refractivity contribution in [3.63, 3.8) is 0 Å². The number of hydrogen-bond acceptors (Lipinski definition) is 3. The molecule has 2 heterocycles. The predicted molar refractivity (Wildman–Crippen MR) is 70.4 cm³/mol. The van der Waals surface area contributed by atoms with Gasteiger partial charge in [-0.2, -0.15) is 0 Å². The average Bonchev–Trinajstić information content (AvgIpc) is 2.46. The van der Waals surface area contributed by atoms with Crippen LogP contribution in [0.2, 0.25) is 0 Å². The first-order valence-corrected chi connectivity index (χ1v) is 6.19. The first-order valence-electron chi connectivity index (χ1n) is 6.19. The van der Waals surface area contributed by atoms with Crippen LogP contribution in [0.1, 0.15) is 22.3 Å². The molecule has 0 atom stereocenters. The number of aryl methyl sites for hydroxylation is 1. The standard InChI is InChI=1S/C15H13NO3/c17-15(18)13-9-16-6-5-12(13)10-3-4-14-11(8-10)2-1-7-19-14/h3-6,8-9H,1-2,7H2,(H,17,18). The largest absolute Gasteiger partial charge is 0.493 e. The third kappa shape index (κ3) is 2.17. The SMILES string of the molecule is O=C(O)c1cnccc1-c1ccc2c(c1)CCCO2. The minimum atomic E-state index is -0.961. The fourth-order valence-electron chi connectivity index (χ4n) is 2.34. The molecule has 1 aromatic carbocycles. The lowest BCUT2D eigenvalue weighted by Crippen LogP contribution is -2.08. The number of carboxylic acids is 1. The summed E-state index contributed by atoms with van der Waals surface area (Å²) in [5.74, 6) is -0.0574. The Bertz CT molecular complexity index is 637. The van der Waals surface area contributed by atoms with E-state index in [0.717, 1.165) is 36.3 Å². The molecule has 0 radical (unpaired) electrons. The summed E-state index contributed by atoms with van der Waals surface area (Å²) in [6.45, 7) is 0.752. The third-order valence-electron chi connectivity index (χ3n) is 3.27. The molecule has 2 aromatic rings. The molecular weight excluding hydrogens is 242 g/mol. The summed E-state index contributed by atoms with van der Waals surface area (Å²) in [6.07, 6.45) is 4.96. The van der Waals surface area contributed by atoms with E-state index in [-0.39, 0.29) is 5.56 Å². The van der Waals surface area contributed by atoms with Gasteiger partial charge < -0.3 is 9.84 Å². The van der Waals surface area contributed by atoms with Gasteiger partial charge in [0, 0.05) is 12.4 Å². The van der Waals surface area contributed by atoms with E-state index in [1.165, 1.54) is 6.20 Å². The second-order valence-electron chi connectivity index (χ2n) is 4.50. The molecule has 1 aromatic heterocycles. The van der Waals surface area contributed by atoms with Crippen molar-refractivity contribution < 1.29 is 14.6 Å². The molecule has 0 bridgehead atoms. The molecular formula is C15H13NO3. The van der Waals surface area contributed by atoms with Crippen LogP contribution in [0.15, 0.2) is 36.7 Å². The van der Waals surface area contributed by atoms with Gasteiger partial charge >= 0.3 is 5.97 Å². The molecule has 1 N–H and O–H groups in total. The van der Waals surface area contributed by atoms with Gasteiger partial charge in [-0.05, 0) is 47.7 Å². The van der Waals surface area contributed by atoms with E-state index in [9.17, 15) is 9.90 Å². The Morgan fingerprint density at radius 1 is 1.32 bits per heavy atom. The number of carboxylic acid groups (broad SMARTS) is 1. The van der Waals surface area contributed by atoms with Crippen LogP contribution in [-0.4, -0.2) is 22.7 Å². The molecule has 0 unspecified atom stereocenters. The second kappa shape index (κ2) is 4.72. The highest BCUT2D eigenvalue weighted by atomic mass is 16.5. The minimum absolute atomic E-state index is 0.221. The number of aromatic carboxylic acids is 1. The van der Waals surface area contributed by atoms with Crippen molar-refractivity contribution in [1.29, 1.82) is 0 Å². The molecule has 0 spiro atoms. The van der Waals surface area contributed by atoms with Crippen molar-refractivity contribution in [2.75, 3.05) is 6.61 Å². The lowest BCUT2D eigenvalue weighted by atomic mass is 9.97. The van der Waals surface area contributed by atoms with Crippen LogP contribution in [0, 0.1) is 0 Å². The topological polar surface area (TPSA) is 59.4 Å². The summed E-state index contributed by atoms with van der Waals surface area (Å²) in [7, 11) is 0. The summed E-state index contributed by atoms with van der Waals surface area (Å²) < 4.78 is 5.56. The number of rotatable bonds is 2. The number of ether oxygens (including phenoxy) is 1. The van der Waals surface area contributed by atoms with Crippen molar-refractivity contribution in [3.8, 4) is 16.9 Å². The van der Waals surface area contributed by atoms with Crippen molar-refractivity contribution in [1.82, 2.24) is 4.98 Å². The van der Waals surface area contributed by atoms with Crippen molar-refractivity contribution in [3.05, 3.63) is 47.8 Å². The van der Waals surface area contributed by atoms with Crippen LogP contribution in [0.4, 0.5) is 0 Å². The van der Waals surface area contributed by atoms with E-state index in [1.807, 2.05) is 18.2 Å². The van der Waals surface area contributed by atoms with Crippen LogP contribution in [0.25, 0.3) is 11.1 Å². The van der Waals surface area contributed by atoms with E-state index < -0.39 is 5.97 Å². The molecule has 0 saturated heterocycles. The van der Waals surface area contributed by atoms with Gasteiger partial charge in [0.05, 0.1) is 12.2 Å². The zero-order valence-electron chi connectivity index (χ0n) is 10.3. The highest BCUT2D eigenvalue weighted by Gasteiger charge is 2.15. The Hall–Kier alpha value is -2.36. The van der Waals surface area contributed by atoms with E-state index >= 15 is 0 Å². The van der Waals surface area contributed by atoms with E-state index in [4.69, 9.17) is 4.74 Å². The van der Waals surface area contributed by atoms with Gasteiger partial charge in [0.2, 0.25) is 0 Å². The molecule has 3 rings (SSSR count). The maximum absolute atomic E-state index is 11.2. The molecule has 0 saturated carbocycles. The summed E-state index contributed by atoms with van der Waals surface area (Å²) >= 11 is 0. The van der Waals surface area contributed by atoms with E-state index in [2.05, 4.69) is 4.98 Å². The number of pyridine rings is 1.